The van der Waals surface area contributed by atoms with E-state index in [-0.39, 0.29) is 11.6 Å². The average molecular weight is 324 g/mol. The fraction of sp³-hybridized carbons (Fsp3) is 0. The van der Waals surface area contributed by atoms with Crippen LogP contribution in [0.3, 0.4) is 0 Å². The Morgan fingerprint density at radius 3 is 1.50 bits per heavy atom. The van der Waals surface area contributed by atoms with Crippen molar-refractivity contribution in [2.75, 3.05) is 0 Å². The number of thiophene rings is 2. The Balaban J connectivity index is 1.75. The van der Waals surface area contributed by atoms with Crippen molar-refractivity contribution >= 4 is 46.4 Å². The van der Waals surface area contributed by atoms with Crippen LogP contribution < -0.4 is 0 Å². The largest absolute Gasteiger partial charge is 0.289 e. The van der Waals surface area contributed by atoms with Crippen LogP contribution in [0.5, 0.6) is 0 Å². The number of allylic oxidation sites excluding steroid dienone is 6. The Kier molecular flexibility index (Phi) is 4.42. The molecule has 0 unspecified atom stereocenters. The molecule has 4 heteroatoms. The molecule has 0 bridgehead atoms. The van der Waals surface area contributed by atoms with Gasteiger partial charge in [-0.05, 0) is 59.3 Å². The predicted molar refractivity (Wildman–Crippen MR) is 92.9 cm³/mol. The molecular weight excluding hydrogens is 312 g/mol. The lowest BCUT2D eigenvalue weighted by atomic mass is 9.96. The number of carbonyl (C=O) groups is 2. The normalized spacial score (nSPS) is 15.6. The molecule has 0 fully saturated rings. The van der Waals surface area contributed by atoms with Crippen molar-refractivity contribution in [1.29, 1.82) is 0 Å². The molecule has 0 aromatic carbocycles. The van der Waals surface area contributed by atoms with E-state index < -0.39 is 0 Å². The Hall–Kier alpha value is -2.30. The number of ketones is 2. The van der Waals surface area contributed by atoms with Crippen LogP contribution in [0.4, 0.5) is 0 Å². The van der Waals surface area contributed by atoms with Crippen LogP contribution in [0.15, 0.2) is 70.5 Å². The molecule has 1 aliphatic rings. The van der Waals surface area contributed by atoms with E-state index in [4.69, 9.17) is 0 Å². The fourth-order valence-electron chi connectivity index (χ4n) is 1.97. The molecule has 2 nitrogen and oxygen atoms in total. The summed E-state index contributed by atoms with van der Waals surface area (Å²) in [5.74, 6) is -0.281. The highest BCUT2D eigenvalue weighted by Crippen LogP contribution is 2.19. The quantitative estimate of drug-likeness (QED) is 0.774. The summed E-state index contributed by atoms with van der Waals surface area (Å²) in [5, 5.41) is 3.94. The lowest BCUT2D eigenvalue weighted by molar-refractivity contribution is -0.114. The maximum Gasteiger partial charge on any atom is 0.186 e. The van der Waals surface area contributed by atoms with Crippen LogP contribution in [0.25, 0.3) is 12.2 Å². The Morgan fingerprint density at radius 2 is 1.14 bits per heavy atom. The molecule has 108 valence electrons. The molecule has 0 spiro atoms. The van der Waals surface area contributed by atoms with Gasteiger partial charge in [0.05, 0.1) is 0 Å². The predicted octanol–water partition coefficient (Wildman–Crippen LogP) is 4.54. The Bertz CT molecular complexity index is 731. The molecular formula is C18H12O2S2. The van der Waals surface area contributed by atoms with Crippen molar-refractivity contribution in [3.63, 3.8) is 0 Å². The van der Waals surface area contributed by atoms with Gasteiger partial charge in [0, 0.05) is 20.9 Å². The summed E-state index contributed by atoms with van der Waals surface area (Å²) in [4.78, 5) is 26.3. The zero-order valence-electron chi connectivity index (χ0n) is 11.6. The van der Waals surface area contributed by atoms with Gasteiger partial charge in [-0.2, -0.15) is 0 Å². The summed E-state index contributed by atoms with van der Waals surface area (Å²) in [7, 11) is 0. The second-order valence-corrected chi connectivity index (χ2v) is 6.58. The molecule has 1 aliphatic carbocycles. The number of carbonyl (C=O) groups excluding carboxylic acids is 2. The minimum atomic E-state index is -0.141. The van der Waals surface area contributed by atoms with Crippen molar-refractivity contribution < 1.29 is 9.59 Å². The summed E-state index contributed by atoms with van der Waals surface area (Å²) >= 11 is 3.17. The number of rotatable bonds is 4. The molecule has 2 heterocycles. The van der Waals surface area contributed by atoms with E-state index in [1.54, 1.807) is 34.8 Å². The van der Waals surface area contributed by atoms with Crippen molar-refractivity contribution in [2.24, 2.45) is 0 Å². The van der Waals surface area contributed by atoms with E-state index in [1.807, 2.05) is 47.2 Å². The maximum atomic E-state index is 12.1. The summed E-state index contributed by atoms with van der Waals surface area (Å²) < 4.78 is 0. The third-order valence-electron chi connectivity index (χ3n) is 3.08. The molecule has 0 atom stereocenters. The topological polar surface area (TPSA) is 34.1 Å². The highest BCUT2D eigenvalue weighted by Gasteiger charge is 2.16. The number of hydrogen-bond acceptors (Lipinski definition) is 4. The van der Waals surface area contributed by atoms with Crippen molar-refractivity contribution in [3.05, 3.63) is 80.2 Å². The van der Waals surface area contributed by atoms with Crippen LogP contribution in [0.2, 0.25) is 0 Å². The minimum absolute atomic E-state index is 0.141. The minimum Gasteiger partial charge on any atom is -0.289 e. The van der Waals surface area contributed by atoms with Gasteiger partial charge in [0.15, 0.2) is 11.6 Å². The lowest BCUT2D eigenvalue weighted by Crippen LogP contribution is -2.10. The standard InChI is InChI=1S/C18H12O2S2/c19-17-12-14(6-8-16-4-2-10-22-16)18(20)11-13(17)5-7-15-3-1-9-21-15/h1-12H/b7-5+,8-6+. The molecule has 2 aromatic heterocycles. The van der Waals surface area contributed by atoms with Gasteiger partial charge in [0.1, 0.15) is 0 Å². The zero-order valence-corrected chi connectivity index (χ0v) is 13.2. The summed E-state index contributed by atoms with van der Waals surface area (Å²) in [6, 6.07) is 7.81. The molecule has 0 radical (unpaired) electrons. The Labute approximate surface area is 136 Å². The SMILES string of the molecule is O=C1C=C(/C=C/c2cccs2)C(=O)C=C1/C=C/c1cccs1. The highest BCUT2D eigenvalue weighted by atomic mass is 32.1. The van der Waals surface area contributed by atoms with E-state index in [0.29, 0.717) is 11.1 Å². The third-order valence-corrected chi connectivity index (χ3v) is 4.76. The molecule has 0 N–H and O–H groups in total. The number of hydrogen-bond donors (Lipinski definition) is 0. The molecule has 0 amide bonds. The first-order valence-corrected chi connectivity index (χ1v) is 8.43. The van der Waals surface area contributed by atoms with Gasteiger partial charge >= 0.3 is 0 Å². The monoisotopic (exact) mass is 324 g/mol. The van der Waals surface area contributed by atoms with Gasteiger partial charge in [0.25, 0.3) is 0 Å². The molecule has 0 aliphatic heterocycles. The van der Waals surface area contributed by atoms with Crippen molar-refractivity contribution in [1.82, 2.24) is 0 Å². The molecule has 0 saturated heterocycles. The van der Waals surface area contributed by atoms with Gasteiger partial charge in [-0.1, -0.05) is 12.1 Å². The van der Waals surface area contributed by atoms with Gasteiger partial charge in [0.2, 0.25) is 0 Å². The van der Waals surface area contributed by atoms with Gasteiger partial charge < -0.3 is 0 Å². The van der Waals surface area contributed by atoms with Crippen LogP contribution in [0, 0.1) is 0 Å². The first kappa shape index (κ1) is 14.6. The molecule has 3 rings (SSSR count). The third kappa shape index (κ3) is 3.47. The van der Waals surface area contributed by atoms with Crippen molar-refractivity contribution in [3.8, 4) is 0 Å². The van der Waals surface area contributed by atoms with Crippen LogP contribution in [-0.2, 0) is 9.59 Å². The second kappa shape index (κ2) is 6.64. The first-order valence-electron chi connectivity index (χ1n) is 6.67. The van der Waals surface area contributed by atoms with E-state index in [9.17, 15) is 9.59 Å². The lowest BCUT2D eigenvalue weighted by Gasteiger charge is -2.06. The van der Waals surface area contributed by atoms with E-state index in [2.05, 4.69) is 0 Å². The highest BCUT2D eigenvalue weighted by molar-refractivity contribution is 7.11. The average Bonchev–Trinajstić information content (AvgIpc) is 3.19. The van der Waals surface area contributed by atoms with Gasteiger partial charge in [-0.15, -0.1) is 22.7 Å². The molecule has 2 aromatic rings. The first-order chi connectivity index (χ1) is 10.7. The smallest absolute Gasteiger partial charge is 0.186 e. The van der Waals surface area contributed by atoms with Crippen LogP contribution >= 0.6 is 22.7 Å². The fourth-order valence-corrected chi connectivity index (χ4v) is 3.20. The Morgan fingerprint density at radius 1 is 0.682 bits per heavy atom. The second-order valence-electron chi connectivity index (χ2n) is 4.63. The maximum absolute atomic E-state index is 12.1. The molecule has 0 saturated carbocycles. The van der Waals surface area contributed by atoms with E-state index in [1.165, 1.54) is 12.2 Å². The zero-order chi connectivity index (χ0) is 15.4. The van der Waals surface area contributed by atoms with Crippen LogP contribution in [0.1, 0.15) is 9.75 Å². The summed E-state index contributed by atoms with van der Waals surface area (Å²) in [6.45, 7) is 0. The summed E-state index contributed by atoms with van der Waals surface area (Å²) in [5.41, 5.74) is 0.846. The molecule has 22 heavy (non-hydrogen) atoms. The summed E-state index contributed by atoms with van der Waals surface area (Å²) in [6.07, 6.45) is 9.90. The van der Waals surface area contributed by atoms with E-state index >= 15 is 0 Å². The van der Waals surface area contributed by atoms with E-state index in [0.717, 1.165) is 9.75 Å². The van der Waals surface area contributed by atoms with Crippen molar-refractivity contribution in [2.45, 2.75) is 0 Å². The van der Waals surface area contributed by atoms with Gasteiger partial charge in [-0.25, -0.2) is 0 Å². The van der Waals surface area contributed by atoms with Gasteiger partial charge in [-0.3, -0.25) is 9.59 Å². The van der Waals surface area contributed by atoms with Crippen LogP contribution in [-0.4, -0.2) is 11.6 Å².